The molecular formula is C12H10FNO4. The highest BCUT2D eigenvalue weighted by Gasteiger charge is 2.11. The van der Waals surface area contributed by atoms with E-state index in [1.165, 1.54) is 37.4 Å². The molecule has 0 amide bonds. The number of furan rings is 1. The van der Waals surface area contributed by atoms with Crippen LogP contribution in [0, 0.1) is 5.82 Å². The second kappa shape index (κ2) is 4.79. The SMILES string of the molecule is COc1cc(F)ccc1Nc1ccc(C(=O)O)o1. The molecule has 0 aliphatic rings. The third-order valence-corrected chi connectivity index (χ3v) is 2.24. The molecule has 2 aromatic rings. The molecule has 5 nitrogen and oxygen atoms in total. The lowest BCUT2D eigenvalue weighted by atomic mass is 10.3. The molecule has 0 aliphatic heterocycles. The Kier molecular flexibility index (Phi) is 3.18. The Labute approximate surface area is 102 Å². The monoisotopic (exact) mass is 251 g/mol. The molecule has 0 fully saturated rings. The summed E-state index contributed by atoms with van der Waals surface area (Å²) < 4.78 is 23.0. The summed E-state index contributed by atoms with van der Waals surface area (Å²) in [5.74, 6) is -1.24. The van der Waals surface area contributed by atoms with Crippen molar-refractivity contribution in [1.82, 2.24) is 0 Å². The molecule has 6 heteroatoms. The first-order valence-corrected chi connectivity index (χ1v) is 5.04. The smallest absolute Gasteiger partial charge is 0.371 e. The molecule has 0 aliphatic carbocycles. The van der Waals surface area contributed by atoms with Gasteiger partial charge >= 0.3 is 5.97 Å². The van der Waals surface area contributed by atoms with Gasteiger partial charge in [0.05, 0.1) is 12.8 Å². The predicted molar refractivity (Wildman–Crippen MR) is 61.9 cm³/mol. The van der Waals surface area contributed by atoms with E-state index in [0.29, 0.717) is 11.4 Å². The minimum atomic E-state index is -1.16. The van der Waals surface area contributed by atoms with Crippen molar-refractivity contribution in [2.45, 2.75) is 0 Å². The molecule has 1 aromatic heterocycles. The summed E-state index contributed by atoms with van der Waals surface area (Å²) in [6.07, 6.45) is 0. The Bertz CT molecular complexity index is 579. The van der Waals surface area contributed by atoms with Crippen LogP contribution in [0.2, 0.25) is 0 Å². The number of carboxylic acids is 1. The van der Waals surface area contributed by atoms with Gasteiger partial charge in [0.2, 0.25) is 5.76 Å². The van der Waals surface area contributed by atoms with E-state index in [1.54, 1.807) is 0 Å². The van der Waals surface area contributed by atoms with Crippen molar-refractivity contribution >= 4 is 17.5 Å². The van der Waals surface area contributed by atoms with Gasteiger partial charge < -0.3 is 19.6 Å². The molecule has 0 atom stereocenters. The standard InChI is InChI=1S/C12H10FNO4/c1-17-10-6-7(13)2-3-8(10)14-11-5-4-9(18-11)12(15)16/h2-6,14H,1H3,(H,15,16). The molecule has 1 aromatic carbocycles. The molecule has 0 spiro atoms. The second-order valence-corrected chi connectivity index (χ2v) is 3.44. The molecular weight excluding hydrogens is 241 g/mol. The van der Waals surface area contributed by atoms with Gasteiger partial charge in [0.25, 0.3) is 0 Å². The van der Waals surface area contributed by atoms with Gasteiger partial charge in [-0.15, -0.1) is 0 Å². The topological polar surface area (TPSA) is 71.7 Å². The highest BCUT2D eigenvalue weighted by atomic mass is 19.1. The maximum absolute atomic E-state index is 13.0. The third-order valence-electron chi connectivity index (χ3n) is 2.24. The molecule has 0 unspecified atom stereocenters. The minimum absolute atomic E-state index is 0.182. The summed E-state index contributed by atoms with van der Waals surface area (Å²) in [4.78, 5) is 10.6. The Morgan fingerprint density at radius 2 is 2.17 bits per heavy atom. The summed E-state index contributed by atoms with van der Waals surface area (Å²) in [7, 11) is 1.41. The van der Waals surface area contributed by atoms with Crippen LogP contribution in [-0.2, 0) is 0 Å². The van der Waals surface area contributed by atoms with Crippen molar-refractivity contribution in [3.05, 3.63) is 41.9 Å². The lowest BCUT2D eigenvalue weighted by Crippen LogP contribution is -1.95. The Balaban J connectivity index is 2.25. The number of hydrogen-bond acceptors (Lipinski definition) is 4. The first kappa shape index (κ1) is 12.0. The van der Waals surface area contributed by atoms with E-state index in [0.717, 1.165) is 0 Å². The van der Waals surface area contributed by atoms with E-state index in [2.05, 4.69) is 5.32 Å². The quantitative estimate of drug-likeness (QED) is 0.874. The maximum atomic E-state index is 13.0. The van der Waals surface area contributed by atoms with Crippen molar-refractivity contribution in [3.63, 3.8) is 0 Å². The number of carbonyl (C=O) groups is 1. The predicted octanol–water partition coefficient (Wildman–Crippen LogP) is 2.87. The lowest BCUT2D eigenvalue weighted by molar-refractivity contribution is 0.0663. The minimum Gasteiger partial charge on any atom is -0.494 e. The van der Waals surface area contributed by atoms with E-state index in [4.69, 9.17) is 14.3 Å². The summed E-state index contributed by atoms with van der Waals surface area (Å²) in [6.45, 7) is 0. The number of ether oxygens (including phenoxy) is 1. The van der Waals surface area contributed by atoms with Gasteiger partial charge in [-0.2, -0.15) is 0 Å². The van der Waals surface area contributed by atoms with Crippen LogP contribution in [0.3, 0.4) is 0 Å². The van der Waals surface area contributed by atoms with E-state index in [1.807, 2.05) is 0 Å². The van der Waals surface area contributed by atoms with Crippen LogP contribution >= 0.6 is 0 Å². The van der Waals surface area contributed by atoms with Crippen molar-refractivity contribution in [1.29, 1.82) is 0 Å². The molecule has 2 rings (SSSR count). The Morgan fingerprint density at radius 3 is 2.78 bits per heavy atom. The zero-order valence-corrected chi connectivity index (χ0v) is 9.44. The van der Waals surface area contributed by atoms with E-state index < -0.39 is 11.8 Å². The number of nitrogens with one attached hydrogen (secondary N) is 1. The fourth-order valence-corrected chi connectivity index (χ4v) is 1.42. The first-order valence-electron chi connectivity index (χ1n) is 5.04. The highest BCUT2D eigenvalue weighted by Crippen LogP contribution is 2.29. The summed E-state index contributed by atoms with van der Waals surface area (Å²) >= 11 is 0. The number of carboxylic acid groups (broad SMARTS) is 1. The lowest BCUT2D eigenvalue weighted by Gasteiger charge is -2.08. The van der Waals surface area contributed by atoms with Crippen molar-refractivity contribution in [3.8, 4) is 5.75 Å². The van der Waals surface area contributed by atoms with Crippen LogP contribution in [0.25, 0.3) is 0 Å². The van der Waals surface area contributed by atoms with Crippen LogP contribution in [0.15, 0.2) is 34.7 Å². The van der Waals surface area contributed by atoms with Crippen molar-refractivity contribution < 1.29 is 23.4 Å². The number of hydrogen-bond donors (Lipinski definition) is 2. The molecule has 0 bridgehead atoms. The average Bonchev–Trinajstić information content (AvgIpc) is 2.80. The zero-order chi connectivity index (χ0) is 13.1. The van der Waals surface area contributed by atoms with Gasteiger partial charge in [-0.1, -0.05) is 0 Å². The normalized spacial score (nSPS) is 10.1. The van der Waals surface area contributed by atoms with Gasteiger partial charge in [-0.05, 0) is 18.2 Å². The van der Waals surface area contributed by atoms with Gasteiger partial charge in [-0.3, -0.25) is 0 Å². The van der Waals surface area contributed by atoms with Gasteiger partial charge in [-0.25, -0.2) is 9.18 Å². The van der Waals surface area contributed by atoms with E-state index >= 15 is 0 Å². The molecule has 0 radical (unpaired) electrons. The molecule has 2 N–H and O–H groups in total. The van der Waals surface area contributed by atoms with Crippen LogP contribution in [0.5, 0.6) is 5.75 Å². The van der Waals surface area contributed by atoms with Crippen molar-refractivity contribution in [2.75, 3.05) is 12.4 Å². The molecule has 94 valence electrons. The third kappa shape index (κ3) is 2.42. The molecule has 1 heterocycles. The fraction of sp³-hybridized carbons (Fsp3) is 0.0833. The number of rotatable bonds is 4. The number of halogens is 1. The van der Waals surface area contributed by atoms with Gasteiger partial charge in [0, 0.05) is 12.1 Å². The number of benzene rings is 1. The number of aromatic carboxylic acids is 1. The van der Waals surface area contributed by atoms with Gasteiger partial charge in [0.15, 0.2) is 5.88 Å². The van der Waals surface area contributed by atoms with E-state index in [-0.39, 0.29) is 11.6 Å². The van der Waals surface area contributed by atoms with Crippen LogP contribution in [0.4, 0.5) is 16.0 Å². The molecule has 18 heavy (non-hydrogen) atoms. The average molecular weight is 251 g/mol. The summed E-state index contributed by atoms with van der Waals surface area (Å²) in [5.41, 5.74) is 0.477. The van der Waals surface area contributed by atoms with Gasteiger partial charge in [0.1, 0.15) is 11.6 Å². The van der Waals surface area contributed by atoms with Crippen LogP contribution in [-0.4, -0.2) is 18.2 Å². The maximum Gasteiger partial charge on any atom is 0.371 e. The second-order valence-electron chi connectivity index (χ2n) is 3.44. The highest BCUT2D eigenvalue weighted by molar-refractivity contribution is 5.85. The molecule has 0 saturated carbocycles. The Morgan fingerprint density at radius 1 is 1.39 bits per heavy atom. The largest absolute Gasteiger partial charge is 0.494 e. The zero-order valence-electron chi connectivity index (χ0n) is 9.44. The number of methoxy groups -OCH3 is 1. The van der Waals surface area contributed by atoms with Crippen molar-refractivity contribution in [2.24, 2.45) is 0 Å². The molecule has 0 saturated heterocycles. The summed E-state index contributed by atoms with van der Waals surface area (Å²) in [5, 5.41) is 11.5. The number of anilines is 2. The van der Waals surface area contributed by atoms with E-state index in [9.17, 15) is 9.18 Å². The fourth-order valence-electron chi connectivity index (χ4n) is 1.42. The van der Waals surface area contributed by atoms with Crippen LogP contribution in [0.1, 0.15) is 10.6 Å². The Hall–Kier alpha value is -2.50. The summed E-state index contributed by atoms with van der Waals surface area (Å²) in [6, 6.07) is 6.72. The first-order chi connectivity index (χ1) is 8.60. The van der Waals surface area contributed by atoms with Crippen LogP contribution < -0.4 is 10.1 Å².